The normalized spacial score (nSPS) is 11.4. The average Bonchev–Trinajstić information content (AvgIpc) is 2.13. The van der Waals surface area contributed by atoms with Crippen molar-refractivity contribution in [3.63, 3.8) is 0 Å². The fourth-order valence-electron chi connectivity index (χ4n) is 1.61. The molecular weight excluding hydrogens is 228 g/mol. The number of phenols is 1. The average molecular weight is 250 g/mol. The molecule has 0 atom stereocenters. The van der Waals surface area contributed by atoms with E-state index in [1.165, 1.54) is 0 Å². The van der Waals surface area contributed by atoms with Crippen LogP contribution in [0.25, 0.3) is 0 Å². The first kappa shape index (κ1) is 14.4. The summed E-state index contributed by atoms with van der Waals surface area (Å²) < 4.78 is 0. The lowest BCUT2D eigenvalue weighted by Crippen LogP contribution is -2.43. The van der Waals surface area contributed by atoms with Crippen LogP contribution in [-0.2, 0) is 0 Å². The molecule has 100 valence electrons. The van der Waals surface area contributed by atoms with E-state index in [0.717, 1.165) is 5.56 Å². The standard InChI is InChI=1S/C14H22N2O2/c1-9(2)11-7-6-10(8-12(11)17)15-13(18)16-14(3,4)5/h6-9,17H,1-5H3,(H2,15,16,18). The van der Waals surface area contributed by atoms with Gasteiger partial charge in [-0.2, -0.15) is 0 Å². The van der Waals surface area contributed by atoms with Gasteiger partial charge in [0.2, 0.25) is 0 Å². The molecule has 0 aliphatic heterocycles. The highest BCUT2D eigenvalue weighted by Gasteiger charge is 2.14. The van der Waals surface area contributed by atoms with E-state index in [-0.39, 0.29) is 23.2 Å². The maximum atomic E-state index is 11.7. The maximum Gasteiger partial charge on any atom is 0.319 e. The number of hydrogen-bond acceptors (Lipinski definition) is 2. The van der Waals surface area contributed by atoms with E-state index >= 15 is 0 Å². The van der Waals surface area contributed by atoms with Gasteiger partial charge in [-0.3, -0.25) is 0 Å². The van der Waals surface area contributed by atoms with Gasteiger partial charge in [0, 0.05) is 17.3 Å². The Morgan fingerprint density at radius 1 is 1.28 bits per heavy atom. The molecule has 0 fully saturated rings. The Balaban J connectivity index is 2.75. The molecule has 0 aromatic heterocycles. The lowest BCUT2D eigenvalue weighted by Gasteiger charge is -2.21. The van der Waals surface area contributed by atoms with Gasteiger partial charge in [-0.05, 0) is 38.3 Å². The third-order valence-corrected chi connectivity index (χ3v) is 2.40. The number of carbonyl (C=O) groups excluding carboxylic acids is 1. The van der Waals surface area contributed by atoms with Gasteiger partial charge in [0.1, 0.15) is 5.75 Å². The molecule has 0 aliphatic carbocycles. The van der Waals surface area contributed by atoms with Crippen LogP contribution in [0.1, 0.15) is 46.1 Å². The van der Waals surface area contributed by atoms with Crippen molar-refractivity contribution in [1.82, 2.24) is 5.32 Å². The smallest absolute Gasteiger partial charge is 0.319 e. The van der Waals surface area contributed by atoms with Crippen LogP contribution in [0.3, 0.4) is 0 Å². The van der Waals surface area contributed by atoms with Crippen molar-refractivity contribution in [2.75, 3.05) is 5.32 Å². The van der Waals surface area contributed by atoms with Gasteiger partial charge in [-0.1, -0.05) is 19.9 Å². The third-order valence-electron chi connectivity index (χ3n) is 2.40. The summed E-state index contributed by atoms with van der Waals surface area (Å²) in [5, 5.41) is 15.3. The topological polar surface area (TPSA) is 61.4 Å². The van der Waals surface area contributed by atoms with Crippen LogP contribution >= 0.6 is 0 Å². The van der Waals surface area contributed by atoms with E-state index in [1.807, 2.05) is 40.7 Å². The molecule has 4 heteroatoms. The predicted molar refractivity (Wildman–Crippen MR) is 74.1 cm³/mol. The van der Waals surface area contributed by atoms with Crippen molar-refractivity contribution >= 4 is 11.7 Å². The minimum Gasteiger partial charge on any atom is -0.508 e. The summed E-state index contributed by atoms with van der Waals surface area (Å²) in [5.41, 5.74) is 1.17. The molecule has 4 nitrogen and oxygen atoms in total. The van der Waals surface area contributed by atoms with Crippen molar-refractivity contribution in [1.29, 1.82) is 0 Å². The van der Waals surface area contributed by atoms with Gasteiger partial charge in [0.15, 0.2) is 0 Å². The van der Waals surface area contributed by atoms with E-state index in [0.29, 0.717) is 5.69 Å². The highest BCUT2D eigenvalue weighted by Crippen LogP contribution is 2.28. The molecule has 0 heterocycles. The summed E-state index contributed by atoms with van der Waals surface area (Å²) in [4.78, 5) is 11.7. The lowest BCUT2D eigenvalue weighted by molar-refractivity contribution is 0.244. The van der Waals surface area contributed by atoms with Crippen LogP contribution in [0, 0.1) is 0 Å². The van der Waals surface area contributed by atoms with Crippen molar-refractivity contribution < 1.29 is 9.90 Å². The van der Waals surface area contributed by atoms with Gasteiger partial charge >= 0.3 is 6.03 Å². The molecular formula is C14H22N2O2. The van der Waals surface area contributed by atoms with Crippen LogP contribution in [0.15, 0.2) is 18.2 Å². The van der Waals surface area contributed by atoms with Crippen LogP contribution in [0.4, 0.5) is 10.5 Å². The second kappa shape index (κ2) is 5.29. The van der Waals surface area contributed by atoms with Gasteiger partial charge in [0.25, 0.3) is 0 Å². The Morgan fingerprint density at radius 3 is 2.33 bits per heavy atom. The first-order valence-electron chi connectivity index (χ1n) is 6.11. The molecule has 0 aliphatic rings. The highest BCUT2D eigenvalue weighted by molar-refractivity contribution is 5.90. The lowest BCUT2D eigenvalue weighted by atomic mass is 10.0. The molecule has 1 aromatic carbocycles. The third kappa shape index (κ3) is 4.28. The number of aromatic hydroxyl groups is 1. The number of urea groups is 1. The summed E-state index contributed by atoms with van der Waals surface area (Å²) in [6.45, 7) is 9.74. The Kier molecular flexibility index (Phi) is 4.22. The number of nitrogens with one attached hydrogen (secondary N) is 2. The largest absolute Gasteiger partial charge is 0.508 e. The summed E-state index contributed by atoms with van der Waals surface area (Å²) in [5.74, 6) is 0.459. The van der Waals surface area contributed by atoms with Gasteiger partial charge in [0.05, 0.1) is 0 Å². The summed E-state index contributed by atoms with van der Waals surface area (Å²) >= 11 is 0. The molecule has 18 heavy (non-hydrogen) atoms. The zero-order valence-corrected chi connectivity index (χ0v) is 11.7. The molecule has 0 saturated carbocycles. The summed E-state index contributed by atoms with van der Waals surface area (Å²) in [6, 6.07) is 4.90. The minimum atomic E-state index is -0.288. The minimum absolute atomic E-state index is 0.207. The van der Waals surface area contributed by atoms with E-state index in [4.69, 9.17) is 0 Å². The van der Waals surface area contributed by atoms with Crippen LogP contribution < -0.4 is 10.6 Å². The van der Waals surface area contributed by atoms with Crippen LogP contribution in [0.2, 0.25) is 0 Å². The quantitative estimate of drug-likeness (QED) is 0.753. The van der Waals surface area contributed by atoms with E-state index in [1.54, 1.807) is 12.1 Å². The predicted octanol–water partition coefficient (Wildman–Crippen LogP) is 3.44. The van der Waals surface area contributed by atoms with Crippen molar-refractivity contribution in [3.05, 3.63) is 23.8 Å². The van der Waals surface area contributed by atoms with Gasteiger partial charge < -0.3 is 15.7 Å². The number of phenolic OH excluding ortho intramolecular Hbond substituents is 1. The zero-order chi connectivity index (χ0) is 13.9. The van der Waals surface area contributed by atoms with Gasteiger partial charge in [-0.25, -0.2) is 4.79 Å². The Bertz CT molecular complexity index is 434. The Morgan fingerprint density at radius 2 is 1.89 bits per heavy atom. The second-order valence-corrected chi connectivity index (χ2v) is 5.76. The number of amides is 2. The first-order chi connectivity index (χ1) is 8.19. The van der Waals surface area contributed by atoms with Crippen molar-refractivity contribution in [3.8, 4) is 5.75 Å². The van der Waals surface area contributed by atoms with E-state index < -0.39 is 0 Å². The fraction of sp³-hybridized carbons (Fsp3) is 0.500. The van der Waals surface area contributed by atoms with Gasteiger partial charge in [-0.15, -0.1) is 0 Å². The monoisotopic (exact) mass is 250 g/mol. The molecule has 0 radical (unpaired) electrons. The van der Waals surface area contributed by atoms with Crippen molar-refractivity contribution in [2.24, 2.45) is 0 Å². The molecule has 0 saturated heterocycles. The maximum absolute atomic E-state index is 11.7. The number of benzene rings is 1. The molecule has 3 N–H and O–H groups in total. The number of carbonyl (C=O) groups is 1. The SMILES string of the molecule is CC(C)c1ccc(NC(=O)NC(C)(C)C)cc1O. The molecule has 0 unspecified atom stereocenters. The molecule has 1 aromatic rings. The van der Waals surface area contributed by atoms with Crippen LogP contribution in [-0.4, -0.2) is 16.7 Å². The summed E-state index contributed by atoms with van der Waals surface area (Å²) in [6.07, 6.45) is 0. The zero-order valence-electron chi connectivity index (χ0n) is 11.7. The number of rotatable bonds is 2. The molecule has 2 amide bonds. The van der Waals surface area contributed by atoms with E-state index in [9.17, 15) is 9.90 Å². The second-order valence-electron chi connectivity index (χ2n) is 5.76. The molecule has 0 spiro atoms. The molecule has 0 bridgehead atoms. The van der Waals surface area contributed by atoms with Crippen molar-refractivity contribution in [2.45, 2.75) is 46.1 Å². The Hall–Kier alpha value is -1.71. The Labute approximate surface area is 108 Å². The number of hydrogen-bond donors (Lipinski definition) is 3. The molecule has 1 rings (SSSR count). The van der Waals surface area contributed by atoms with Crippen LogP contribution in [0.5, 0.6) is 5.75 Å². The summed E-state index contributed by atoms with van der Waals surface area (Å²) in [7, 11) is 0. The first-order valence-corrected chi connectivity index (χ1v) is 6.11. The number of anilines is 1. The van der Waals surface area contributed by atoms with E-state index in [2.05, 4.69) is 10.6 Å². The highest BCUT2D eigenvalue weighted by atomic mass is 16.3. The fourth-order valence-corrected chi connectivity index (χ4v) is 1.61.